The lowest BCUT2D eigenvalue weighted by atomic mass is 10.7. The van der Waals surface area contributed by atoms with Gasteiger partial charge in [0, 0.05) is 21.3 Å². The quantitative estimate of drug-likeness (QED) is 0.302. The summed E-state index contributed by atoms with van der Waals surface area (Å²) in [5.74, 6) is -0.581. The van der Waals surface area contributed by atoms with Crippen LogP contribution in [0.15, 0.2) is 9.96 Å². The van der Waals surface area contributed by atoms with Crippen molar-refractivity contribution in [1.29, 1.82) is 0 Å². The van der Waals surface area contributed by atoms with Crippen molar-refractivity contribution in [3.8, 4) is 0 Å². The predicted molar refractivity (Wildman–Crippen MR) is 55.5 cm³/mol. The third-order valence-electron chi connectivity index (χ3n) is 1.30. The molecule has 0 spiro atoms. The highest BCUT2D eigenvalue weighted by atomic mass is 31.2. The van der Waals surface area contributed by atoms with Gasteiger partial charge in [0.05, 0.1) is 6.61 Å². The van der Waals surface area contributed by atoms with Crippen molar-refractivity contribution in [1.82, 2.24) is 0 Å². The maximum absolute atomic E-state index is 10.9. The number of nitrogens with zero attached hydrogens (tertiary/aromatic N) is 2. The van der Waals surface area contributed by atoms with Gasteiger partial charge in [0.2, 0.25) is 0 Å². The molecule has 0 aromatic carbocycles. The summed E-state index contributed by atoms with van der Waals surface area (Å²) in [5.41, 5.74) is 0. The molecule has 0 bridgehead atoms. The van der Waals surface area contributed by atoms with E-state index >= 15 is 0 Å². The average molecular weight is 238 g/mol. The highest BCUT2D eigenvalue weighted by Gasteiger charge is 2.17. The normalized spacial score (nSPS) is 11.7. The number of rotatable bonds is 6. The summed E-state index contributed by atoms with van der Waals surface area (Å²) < 4.78 is 19.3. The second kappa shape index (κ2) is 7.53. The Morgan fingerprint density at radius 1 is 1.27 bits per heavy atom. The second-order valence-corrected chi connectivity index (χ2v) is 4.31. The van der Waals surface area contributed by atoms with E-state index in [9.17, 15) is 4.79 Å². The first-order valence-corrected chi connectivity index (χ1v) is 5.62. The lowest BCUT2D eigenvalue weighted by Crippen LogP contribution is -2.04. The molecule has 0 aromatic rings. The predicted octanol–water partition coefficient (Wildman–Crippen LogP) is 1.42. The van der Waals surface area contributed by atoms with Crippen LogP contribution in [-0.4, -0.2) is 40.1 Å². The van der Waals surface area contributed by atoms with Crippen molar-refractivity contribution in [2.45, 2.75) is 6.92 Å². The van der Waals surface area contributed by atoms with Crippen molar-refractivity contribution in [2.75, 3.05) is 27.9 Å². The molecule has 0 aromatic heterocycles. The smallest absolute Gasteiger partial charge is 0.378 e. The molecule has 0 heterocycles. The molecule has 0 fully saturated rings. The van der Waals surface area contributed by atoms with E-state index in [1.807, 2.05) is 0 Å². The molecule has 8 heteroatoms. The molecule has 88 valence electrons. The van der Waals surface area contributed by atoms with E-state index in [0.29, 0.717) is 0 Å². The maximum atomic E-state index is 10.9. The van der Waals surface area contributed by atoms with Gasteiger partial charge in [-0.1, -0.05) is 4.85 Å². The molecule has 0 saturated carbocycles. The highest BCUT2D eigenvalue weighted by molar-refractivity contribution is 7.51. The Morgan fingerprint density at radius 2 is 1.80 bits per heavy atom. The molecule has 0 atom stereocenters. The van der Waals surface area contributed by atoms with Gasteiger partial charge in [-0.25, -0.2) is 4.79 Å². The van der Waals surface area contributed by atoms with E-state index in [4.69, 9.17) is 13.6 Å². The Kier molecular flexibility index (Phi) is 7.15. The molecule has 0 N–H and O–H groups in total. The van der Waals surface area contributed by atoms with E-state index in [2.05, 4.69) is 14.7 Å². The summed E-state index contributed by atoms with van der Waals surface area (Å²) in [7, 11) is 1.34. The van der Waals surface area contributed by atoms with Crippen LogP contribution >= 0.6 is 7.74 Å². The minimum atomic E-state index is -2.79. The number of ether oxygens (including phenoxy) is 1. The van der Waals surface area contributed by atoms with E-state index < -0.39 is 13.7 Å². The number of hydrogen-bond acceptors (Lipinski definition) is 6. The van der Waals surface area contributed by atoms with Gasteiger partial charge in [-0.2, -0.15) is 0 Å². The summed E-state index contributed by atoms with van der Waals surface area (Å²) in [6, 6.07) is 0. The Labute approximate surface area is 88.7 Å². The maximum Gasteiger partial charge on any atom is 0.378 e. The molecular weight excluding hydrogens is 223 g/mol. The Hall–Kier alpha value is -0.750. The molecule has 0 unspecified atom stereocenters. The minimum absolute atomic E-state index is 0.282. The Morgan fingerprint density at radius 3 is 2.20 bits per heavy atom. The summed E-state index contributed by atoms with van der Waals surface area (Å²) in [6.07, 6.45) is 0.926. The van der Waals surface area contributed by atoms with Crippen molar-refractivity contribution in [2.24, 2.45) is 9.96 Å². The van der Waals surface area contributed by atoms with E-state index in [1.54, 1.807) is 6.92 Å². The van der Waals surface area contributed by atoms with Gasteiger partial charge >= 0.3 is 13.7 Å². The summed E-state index contributed by atoms with van der Waals surface area (Å²) >= 11 is 0. The number of hydrogen-bond donors (Lipinski definition) is 0. The van der Waals surface area contributed by atoms with E-state index in [-0.39, 0.29) is 6.61 Å². The Bertz CT molecular complexity index is 260. The fraction of sp³-hybridized carbons (Fsp3) is 0.714. The first-order valence-electron chi connectivity index (χ1n) is 4.12. The third-order valence-corrected chi connectivity index (χ3v) is 3.01. The summed E-state index contributed by atoms with van der Waals surface area (Å²) in [5, 5.41) is 3.47. The standard InChI is InChI=1S/C7H15N2O5P/c1-5-14-7(10)6-8-9-15(11-2,12-3)13-4/h6H,5H2,1-4H3/b8-6+. The number of carbonyl (C=O) groups is 1. The van der Waals surface area contributed by atoms with Gasteiger partial charge in [-0.3, -0.25) is 0 Å². The monoisotopic (exact) mass is 238 g/mol. The van der Waals surface area contributed by atoms with Crippen LogP contribution < -0.4 is 0 Å². The van der Waals surface area contributed by atoms with Gasteiger partial charge in [0.25, 0.3) is 0 Å². The summed E-state index contributed by atoms with van der Waals surface area (Å²) in [4.78, 5) is 14.5. The molecule has 15 heavy (non-hydrogen) atoms. The second-order valence-electron chi connectivity index (χ2n) is 2.10. The molecular formula is C7H15N2O5P. The summed E-state index contributed by atoms with van der Waals surface area (Å²) in [6.45, 7) is 1.98. The third kappa shape index (κ3) is 5.03. The molecule has 0 aliphatic carbocycles. The van der Waals surface area contributed by atoms with Crippen molar-refractivity contribution in [3.05, 3.63) is 0 Å². The van der Waals surface area contributed by atoms with E-state index in [0.717, 1.165) is 6.21 Å². The van der Waals surface area contributed by atoms with Crippen LogP contribution in [0.3, 0.4) is 0 Å². The van der Waals surface area contributed by atoms with Gasteiger partial charge in [-0.05, 0) is 6.92 Å². The van der Waals surface area contributed by atoms with Gasteiger partial charge < -0.3 is 18.3 Å². The van der Waals surface area contributed by atoms with Gasteiger partial charge in [0.1, 0.15) is 6.21 Å². The van der Waals surface area contributed by atoms with Crippen LogP contribution in [-0.2, 0) is 23.1 Å². The number of carbonyl (C=O) groups excluding carboxylic acids is 1. The first kappa shape index (κ1) is 14.2. The zero-order valence-corrected chi connectivity index (χ0v) is 10.1. The largest absolute Gasteiger partial charge is 0.462 e. The first-order chi connectivity index (χ1) is 7.14. The van der Waals surface area contributed by atoms with Crippen molar-refractivity contribution in [3.63, 3.8) is 0 Å². The Balaban J connectivity index is 4.52. The van der Waals surface area contributed by atoms with Crippen LogP contribution in [0.25, 0.3) is 0 Å². The highest BCUT2D eigenvalue weighted by Crippen LogP contribution is 2.50. The van der Waals surface area contributed by atoms with Crippen LogP contribution in [0.5, 0.6) is 0 Å². The fourth-order valence-corrected chi connectivity index (χ4v) is 1.49. The molecule has 0 saturated heterocycles. The molecule has 0 aliphatic rings. The van der Waals surface area contributed by atoms with Crippen molar-refractivity contribution < 1.29 is 23.1 Å². The molecule has 0 rings (SSSR count). The van der Waals surface area contributed by atoms with Crippen LogP contribution in [0.4, 0.5) is 0 Å². The van der Waals surface area contributed by atoms with Crippen molar-refractivity contribution >= 4 is 19.9 Å². The van der Waals surface area contributed by atoms with Gasteiger partial charge in [0.15, 0.2) is 0 Å². The number of esters is 1. The molecule has 0 amide bonds. The SMILES string of the molecule is CCOC(=O)/C=N/N=P(OC)(OC)OC. The minimum Gasteiger partial charge on any atom is -0.462 e. The average Bonchev–Trinajstić information content (AvgIpc) is 2.25. The van der Waals surface area contributed by atoms with Crippen LogP contribution in [0, 0.1) is 0 Å². The topological polar surface area (TPSA) is 78.7 Å². The van der Waals surface area contributed by atoms with Crippen LogP contribution in [0.1, 0.15) is 6.92 Å². The fourth-order valence-electron chi connectivity index (χ4n) is 0.649. The zero-order chi connectivity index (χ0) is 11.7. The molecule has 7 nitrogen and oxygen atoms in total. The van der Waals surface area contributed by atoms with Gasteiger partial charge in [-0.15, -0.1) is 5.10 Å². The zero-order valence-electron chi connectivity index (χ0n) is 9.17. The molecule has 0 aliphatic heterocycles. The van der Waals surface area contributed by atoms with E-state index in [1.165, 1.54) is 21.3 Å². The molecule has 0 radical (unpaired) electrons. The van der Waals surface area contributed by atoms with Crippen LogP contribution in [0.2, 0.25) is 0 Å². The lowest BCUT2D eigenvalue weighted by Gasteiger charge is -2.14. The lowest BCUT2D eigenvalue weighted by molar-refractivity contribution is -0.134.